The number of amides is 1. The number of hydrogen-bond donors (Lipinski definition) is 0. The van der Waals surface area contributed by atoms with Crippen LogP contribution in [-0.4, -0.2) is 47.4 Å². The van der Waals surface area contributed by atoms with Crippen LogP contribution in [-0.2, 0) is 14.3 Å². The Morgan fingerprint density at radius 2 is 1.86 bits per heavy atom. The van der Waals surface area contributed by atoms with Crippen molar-refractivity contribution in [2.24, 2.45) is 0 Å². The van der Waals surface area contributed by atoms with Crippen LogP contribution in [0.1, 0.15) is 52.9 Å². The molecule has 1 saturated carbocycles. The van der Waals surface area contributed by atoms with E-state index in [1.807, 2.05) is 20.8 Å². The first-order valence-electron chi connectivity index (χ1n) is 7.59. The second-order valence-electron chi connectivity index (χ2n) is 6.94. The molecular weight excluding hydrogens is 297 g/mol. The average Bonchev–Trinajstić information content (AvgIpc) is 2.31. The molecule has 1 heterocycles. The zero-order chi connectivity index (χ0) is 15.7. The number of ether oxygens (including phenoxy) is 2. The molecule has 0 aromatic heterocycles. The molecule has 0 bridgehead atoms. The summed E-state index contributed by atoms with van der Waals surface area (Å²) in [7, 11) is 0. The molecule has 22 heavy (non-hydrogen) atoms. The van der Waals surface area contributed by atoms with Gasteiger partial charge in [-0.05, 0) is 52.9 Å². The number of carboxylic acid groups (broad SMARTS) is 1. The van der Waals surface area contributed by atoms with Gasteiger partial charge in [-0.3, -0.25) is 0 Å². The number of piperidine rings is 1. The van der Waals surface area contributed by atoms with E-state index in [-0.39, 0.29) is 41.8 Å². The van der Waals surface area contributed by atoms with Gasteiger partial charge < -0.3 is 24.3 Å². The third-order valence-corrected chi connectivity index (χ3v) is 3.96. The molecule has 7 heteroatoms. The van der Waals surface area contributed by atoms with Crippen LogP contribution in [0.15, 0.2) is 0 Å². The minimum Gasteiger partial charge on any atom is -0.547 e. The van der Waals surface area contributed by atoms with Gasteiger partial charge in [-0.15, -0.1) is 0 Å². The molecule has 0 aromatic rings. The Hall–Kier alpha value is -0.300. The van der Waals surface area contributed by atoms with Gasteiger partial charge in [0.25, 0.3) is 0 Å². The molecule has 1 amide bonds. The van der Waals surface area contributed by atoms with E-state index in [1.54, 1.807) is 4.90 Å². The monoisotopic (exact) mass is 321 g/mol. The van der Waals surface area contributed by atoms with Gasteiger partial charge in [0.15, 0.2) is 0 Å². The van der Waals surface area contributed by atoms with E-state index in [9.17, 15) is 14.7 Å². The van der Waals surface area contributed by atoms with E-state index < -0.39 is 17.2 Å². The molecule has 2 aliphatic rings. The molecule has 0 radical (unpaired) electrons. The van der Waals surface area contributed by atoms with Gasteiger partial charge in [0.1, 0.15) is 11.2 Å². The number of likely N-dealkylation sites (tertiary alicyclic amines) is 1. The predicted molar refractivity (Wildman–Crippen MR) is 73.5 cm³/mol. The van der Waals surface area contributed by atoms with Crippen molar-refractivity contribution >= 4 is 12.1 Å². The standard InChI is InChI=1S/C15H25NO5.Na/c1-14(2,3)21-13(19)16-9-4-6-11(10-16)20-15(12(17)18)7-5-8-15;/h11H,4-10H2,1-3H3,(H,17,18);/q;+1/p-1. The molecule has 2 rings (SSSR count). The zero-order valence-electron chi connectivity index (χ0n) is 14.0. The summed E-state index contributed by atoms with van der Waals surface area (Å²) in [6.45, 7) is 6.46. The molecule has 1 saturated heterocycles. The summed E-state index contributed by atoms with van der Waals surface area (Å²) in [5.74, 6) is -1.14. The number of carbonyl (C=O) groups excluding carboxylic acids is 2. The minimum absolute atomic E-state index is 0. The maximum absolute atomic E-state index is 12.1. The van der Waals surface area contributed by atoms with Crippen LogP contribution in [0.25, 0.3) is 0 Å². The first-order chi connectivity index (χ1) is 9.72. The van der Waals surface area contributed by atoms with Crippen LogP contribution >= 0.6 is 0 Å². The number of rotatable bonds is 3. The Morgan fingerprint density at radius 3 is 2.32 bits per heavy atom. The summed E-state index contributed by atoms with van der Waals surface area (Å²) in [6.07, 6.45) is 2.75. The molecular formula is C15H24NNaO5. The van der Waals surface area contributed by atoms with Crippen molar-refractivity contribution in [3.63, 3.8) is 0 Å². The third-order valence-electron chi connectivity index (χ3n) is 3.96. The van der Waals surface area contributed by atoms with Gasteiger partial charge in [-0.2, -0.15) is 0 Å². The molecule has 1 aliphatic heterocycles. The van der Waals surface area contributed by atoms with Crippen molar-refractivity contribution in [1.29, 1.82) is 0 Å². The van der Waals surface area contributed by atoms with Crippen molar-refractivity contribution in [2.75, 3.05) is 13.1 Å². The van der Waals surface area contributed by atoms with Crippen LogP contribution in [0.3, 0.4) is 0 Å². The van der Waals surface area contributed by atoms with Gasteiger partial charge in [-0.25, -0.2) is 4.79 Å². The van der Waals surface area contributed by atoms with Gasteiger partial charge in [-0.1, -0.05) is 0 Å². The summed E-state index contributed by atoms with van der Waals surface area (Å²) >= 11 is 0. The Labute approximate surface area is 153 Å². The Bertz CT molecular complexity index is 417. The van der Waals surface area contributed by atoms with E-state index >= 15 is 0 Å². The number of hydrogen-bond acceptors (Lipinski definition) is 5. The van der Waals surface area contributed by atoms with E-state index in [1.165, 1.54) is 0 Å². The second kappa shape index (κ2) is 7.51. The van der Waals surface area contributed by atoms with E-state index in [2.05, 4.69) is 0 Å². The van der Waals surface area contributed by atoms with Gasteiger partial charge in [0, 0.05) is 6.54 Å². The number of nitrogens with zero attached hydrogens (tertiary/aromatic N) is 1. The van der Waals surface area contributed by atoms with E-state index in [0.29, 0.717) is 25.9 Å². The molecule has 1 atom stereocenters. The minimum atomic E-state index is -1.14. The van der Waals surface area contributed by atoms with Crippen molar-refractivity contribution < 1.29 is 53.7 Å². The number of carbonyl (C=O) groups is 2. The topological polar surface area (TPSA) is 78.9 Å². The fourth-order valence-corrected chi connectivity index (χ4v) is 2.71. The fourth-order valence-electron chi connectivity index (χ4n) is 2.71. The molecule has 0 aromatic carbocycles. The van der Waals surface area contributed by atoms with Gasteiger partial charge in [0.05, 0.1) is 18.6 Å². The first kappa shape index (κ1) is 19.7. The summed E-state index contributed by atoms with van der Waals surface area (Å²) in [5.41, 5.74) is -1.67. The van der Waals surface area contributed by atoms with Gasteiger partial charge >= 0.3 is 35.7 Å². The maximum atomic E-state index is 12.1. The SMILES string of the molecule is CC(C)(C)OC(=O)N1CCCC(OC2(C(=O)[O-])CCC2)C1.[Na+]. The molecule has 0 spiro atoms. The van der Waals surface area contributed by atoms with E-state index in [4.69, 9.17) is 9.47 Å². The van der Waals surface area contributed by atoms with Crippen LogP contribution < -0.4 is 34.7 Å². The van der Waals surface area contributed by atoms with E-state index in [0.717, 1.165) is 19.3 Å². The molecule has 2 fully saturated rings. The van der Waals surface area contributed by atoms with Crippen molar-refractivity contribution in [2.45, 2.75) is 70.2 Å². The molecule has 6 nitrogen and oxygen atoms in total. The van der Waals surface area contributed by atoms with Gasteiger partial charge in [0.2, 0.25) is 0 Å². The van der Waals surface area contributed by atoms with Crippen molar-refractivity contribution in [3.8, 4) is 0 Å². The van der Waals surface area contributed by atoms with Crippen LogP contribution in [0.5, 0.6) is 0 Å². The molecule has 120 valence electrons. The fraction of sp³-hybridized carbons (Fsp3) is 0.867. The summed E-state index contributed by atoms with van der Waals surface area (Å²) in [6, 6.07) is 0. The Morgan fingerprint density at radius 1 is 1.23 bits per heavy atom. The number of carboxylic acids is 1. The summed E-state index contributed by atoms with van der Waals surface area (Å²) in [4.78, 5) is 24.9. The Balaban J connectivity index is 0.00000242. The zero-order valence-corrected chi connectivity index (χ0v) is 16.0. The summed E-state index contributed by atoms with van der Waals surface area (Å²) < 4.78 is 11.1. The normalized spacial score (nSPS) is 24.0. The van der Waals surface area contributed by atoms with Crippen LogP contribution in [0.4, 0.5) is 4.79 Å². The van der Waals surface area contributed by atoms with Crippen molar-refractivity contribution in [1.82, 2.24) is 4.90 Å². The molecule has 1 aliphatic carbocycles. The summed E-state index contributed by atoms with van der Waals surface area (Å²) in [5, 5.41) is 11.2. The first-order valence-corrected chi connectivity index (χ1v) is 7.59. The van der Waals surface area contributed by atoms with Crippen molar-refractivity contribution in [3.05, 3.63) is 0 Å². The molecule has 1 unspecified atom stereocenters. The molecule has 0 N–H and O–H groups in total. The average molecular weight is 321 g/mol. The smallest absolute Gasteiger partial charge is 0.547 e. The van der Waals surface area contributed by atoms with Crippen LogP contribution in [0.2, 0.25) is 0 Å². The largest absolute Gasteiger partial charge is 1.00 e. The maximum Gasteiger partial charge on any atom is 1.00 e. The second-order valence-corrected chi connectivity index (χ2v) is 6.94. The quantitative estimate of drug-likeness (QED) is 0.566. The Kier molecular flexibility index (Phi) is 6.74. The third kappa shape index (κ3) is 4.85. The number of aliphatic carboxylic acids is 1. The van der Waals surface area contributed by atoms with Crippen LogP contribution in [0, 0.1) is 0 Å². The predicted octanol–water partition coefficient (Wildman–Crippen LogP) is -1.92.